The van der Waals surface area contributed by atoms with E-state index in [1.807, 2.05) is 30.3 Å². The molecule has 1 saturated heterocycles. The number of hydrogen-bond donors (Lipinski definition) is 2. The third kappa shape index (κ3) is 4.80. The number of carbonyl (C=O) groups excluding carboxylic acids is 1. The molecule has 0 radical (unpaired) electrons. The second kappa shape index (κ2) is 8.78. The number of nitrogens with one attached hydrogen (secondary N) is 2. The Morgan fingerprint density at radius 3 is 2.54 bits per heavy atom. The highest BCUT2D eigenvalue weighted by Gasteiger charge is 2.41. The van der Waals surface area contributed by atoms with Crippen LogP contribution in [0, 0.1) is 5.82 Å². The Morgan fingerprint density at radius 2 is 1.85 bits per heavy atom. The van der Waals surface area contributed by atoms with Crippen molar-refractivity contribution >= 4 is 5.97 Å². The molecule has 0 aromatic heterocycles. The molecule has 3 rings (SSSR count). The van der Waals surface area contributed by atoms with Crippen LogP contribution < -0.4 is 15.4 Å². The maximum atomic E-state index is 13.0. The smallest absolute Gasteiger partial charge is 0.328 e. The van der Waals surface area contributed by atoms with Gasteiger partial charge in [0.15, 0.2) is 0 Å². The average Bonchev–Trinajstić information content (AvgIpc) is 2.69. The fourth-order valence-corrected chi connectivity index (χ4v) is 2.91. The van der Waals surface area contributed by atoms with Crippen LogP contribution >= 0.6 is 0 Å². The van der Waals surface area contributed by atoms with Crippen LogP contribution in [0.4, 0.5) is 4.39 Å². The molecule has 1 fully saturated rings. The van der Waals surface area contributed by atoms with Crippen LogP contribution in [0.15, 0.2) is 54.6 Å². The highest BCUT2D eigenvalue weighted by atomic mass is 19.1. The Hall–Kier alpha value is -2.44. The molecule has 26 heavy (non-hydrogen) atoms. The molecule has 138 valence electrons. The maximum absolute atomic E-state index is 13.0. The number of hydrogen-bond acceptors (Lipinski definition) is 5. The van der Waals surface area contributed by atoms with Crippen molar-refractivity contribution in [1.82, 2.24) is 10.6 Å². The Morgan fingerprint density at radius 1 is 1.08 bits per heavy atom. The van der Waals surface area contributed by atoms with Gasteiger partial charge in [0.05, 0.1) is 6.61 Å². The average molecular weight is 358 g/mol. The number of halogens is 1. The zero-order valence-electron chi connectivity index (χ0n) is 14.5. The normalized spacial score (nSPS) is 19.7. The fourth-order valence-electron chi connectivity index (χ4n) is 2.91. The summed E-state index contributed by atoms with van der Waals surface area (Å²) in [7, 11) is 0. The summed E-state index contributed by atoms with van der Waals surface area (Å²) in [5.41, 5.74) is 0.120. The van der Waals surface area contributed by atoms with Gasteiger partial charge in [0.2, 0.25) is 0 Å². The molecule has 2 aromatic carbocycles. The van der Waals surface area contributed by atoms with Crippen LogP contribution in [0.5, 0.6) is 5.75 Å². The minimum absolute atomic E-state index is 0.238. The number of carbonyl (C=O) groups is 1. The molecule has 1 heterocycles. The maximum Gasteiger partial charge on any atom is 0.328 e. The first-order chi connectivity index (χ1) is 12.7. The minimum atomic E-state index is -0.826. The molecule has 1 atom stereocenters. The second-order valence-corrected chi connectivity index (χ2v) is 6.30. The molecule has 0 bridgehead atoms. The summed E-state index contributed by atoms with van der Waals surface area (Å²) in [4.78, 5) is 12.8. The van der Waals surface area contributed by atoms with Crippen LogP contribution in [0.1, 0.15) is 12.0 Å². The predicted octanol–water partition coefficient (Wildman–Crippen LogP) is 2.27. The largest absolute Gasteiger partial charge is 0.494 e. The number of benzene rings is 2. The zero-order chi connectivity index (χ0) is 18.2. The molecule has 5 nitrogen and oxygen atoms in total. The molecule has 6 heteroatoms. The summed E-state index contributed by atoms with van der Waals surface area (Å²) in [6, 6.07) is 15.4. The van der Waals surface area contributed by atoms with Crippen molar-refractivity contribution < 1.29 is 18.7 Å². The van der Waals surface area contributed by atoms with Crippen LogP contribution in [-0.2, 0) is 16.1 Å². The van der Waals surface area contributed by atoms with E-state index >= 15 is 0 Å². The Bertz CT molecular complexity index is 701. The first kappa shape index (κ1) is 18.4. The van der Waals surface area contributed by atoms with Crippen LogP contribution in [0.25, 0.3) is 0 Å². The van der Waals surface area contributed by atoms with Gasteiger partial charge in [-0.25, -0.2) is 9.18 Å². The van der Waals surface area contributed by atoms with Gasteiger partial charge in [-0.3, -0.25) is 5.32 Å². The van der Waals surface area contributed by atoms with Crippen molar-refractivity contribution in [2.75, 3.05) is 26.2 Å². The summed E-state index contributed by atoms with van der Waals surface area (Å²) in [5.74, 6) is -0.0318. The topological polar surface area (TPSA) is 59.6 Å². The van der Waals surface area contributed by atoms with Crippen molar-refractivity contribution in [1.29, 1.82) is 0 Å². The van der Waals surface area contributed by atoms with Gasteiger partial charge in [0, 0.05) is 26.1 Å². The molecule has 0 unspecified atom stereocenters. The van der Waals surface area contributed by atoms with E-state index < -0.39 is 5.54 Å². The van der Waals surface area contributed by atoms with Gasteiger partial charge in [-0.05, 0) is 29.8 Å². The monoisotopic (exact) mass is 358 g/mol. The van der Waals surface area contributed by atoms with E-state index in [9.17, 15) is 9.18 Å². The van der Waals surface area contributed by atoms with E-state index in [2.05, 4.69) is 10.6 Å². The molecule has 0 saturated carbocycles. The summed E-state index contributed by atoms with van der Waals surface area (Å²) in [6.45, 7) is 2.51. The molecule has 2 aromatic rings. The number of piperazine rings is 1. The second-order valence-electron chi connectivity index (χ2n) is 6.30. The zero-order valence-corrected chi connectivity index (χ0v) is 14.5. The first-order valence-electron chi connectivity index (χ1n) is 8.73. The van der Waals surface area contributed by atoms with Gasteiger partial charge in [0.1, 0.15) is 23.7 Å². The molecule has 0 aliphatic carbocycles. The van der Waals surface area contributed by atoms with E-state index in [1.54, 1.807) is 12.1 Å². The fraction of sp³-hybridized carbons (Fsp3) is 0.350. The lowest BCUT2D eigenvalue weighted by Gasteiger charge is -2.36. The standard InChI is InChI=1S/C20H23FN2O3/c21-17-6-8-18(9-7-17)25-13-10-20(15-22-11-12-23-20)19(24)26-14-16-4-2-1-3-5-16/h1-9,22-23H,10-15H2/t20-/m1/s1. The summed E-state index contributed by atoms with van der Waals surface area (Å²) < 4.78 is 24.2. The van der Waals surface area contributed by atoms with Crippen molar-refractivity contribution in [3.8, 4) is 5.75 Å². The van der Waals surface area contributed by atoms with Crippen LogP contribution in [0.3, 0.4) is 0 Å². The SMILES string of the molecule is O=C(OCc1ccccc1)[C@@]1(CCOc2ccc(F)cc2)CNCCN1. The Labute approximate surface area is 152 Å². The highest BCUT2D eigenvalue weighted by Crippen LogP contribution is 2.18. The lowest BCUT2D eigenvalue weighted by Crippen LogP contribution is -2.64. The number of rotatable bonds is 7. The quantitative estimate of drug-likeness (QED) is 0.744. The number of esters is 1. The lowest BCUT2D eigenvalue weighted by atomic mass is 9.93. The molecule has 1 aliphatic rings. The van der Waals surface area contributed by atoms with E-state index in [-0.39, 0.29) is 18.4 Å². The highest BCUT2D eigenvalue weighted by molar-refractivity contribution is 5.81. The van der Waals surface area contributed by atoms with Crippen molar-refractivity contribution in [3.05, 3.63) is 66.0 Å². The van der Waals surface area contributed by atoms with Crippen LogP contribution in [-0.4, -0.2) is 37.7 Å². The molecule has 2 N–H and O–H groups in total. The molecule has 1 aliphatic heterocycles. The van der Waals surface area contributed by atoms with Gasteiger partial charge in [-0.2, -0.15) is 0 Å². The molecular formula is C20H23FN2O3. The van der Waals surface area contributed by atoms with Crippen molar-refractivity contribution in [3.63, 3.8) is 0 Å². The first-order valence-corrected chi connectivity index (χ1v) is 8.73. The van der Waals surface area contributed by atoms with Gasteiger partial charge in [-0.15, -0.1) is 0 Å². The van der Waals surface area contributed by atoms with Crippen molar-refractivity contribution in [2.24, 2.45) is 0 Å². The molecule has 0 amide bonds. The summed E-state index contributed by atoms with van der Waals surface area (Å²) >= 11 is 0. The lowest BCUT2D eigenvalue weighted by molar-refractivity contribution is -0.154. The Kier molecular flexibility index (Phi) is 6.20. The van der Waals surface area contributed by atoms with Gasteiger partial charge in [0.25, 0.3) is 0 Å². The van der Waals surface area contributed by atoms with Gasteiger partial charge >= 0.3 is 5.97 Å². The minimum Gasteiger partial charge on any atom is -0.494 e. The van der Waals surface area contributed by atoms with Gasteiger partial charge < -0.3 is 14.8 Å². The summed E-state index contributed by atoms with van der Waals surface area (Å²) in [6.07, 6.45) is 0.449. The predicted molar refractivity (Wildman–Crippen MR) is 96.4 cm³/mol. The van der Waals surface area contributed by atoms with E-state index in [0.29, 0.717) is 31.9 Å². The molecule has 0 spiro atoms. The van der Waals surface area contributed by atoms with Crippen molar-refractivity contribution in [2.45, 2.75) is 18.6 Å². The van der Waals surface area contributed by atoms with Crippen LogP contribution in [0.2, 0.25) is 0 Å². The van der Waals surface area contributed by atoms with E-state index in [1.165, 1.54) is 12.1 Å². The van der Waals surface area contributed by atoms with Gasteiger partial charge in [-0.1, -0.05) is 30.3 Å². The summed E-state index contributed by atoms with van der Waals surface area (Å²) in [5, 5.41) is 6.53. The molecular weight excluding hydrogens is 335 g/mol. The Balaban J connectivity index is 1.58. The third-order valence-electron chi connectivity index (χ3n) is 4.41. The third-order valence-corrected chi connectivity index (χ3v) is 4.41. The van der Waals surface area contributed by atoms with E-state index in [0.717, 1.165) is 12.1 Å². The number of ether oxygens (including phenoxy) is 2. The van der Waals surface area contributed by atoms with E-state index in [4.69, 9.17) is 9.47 Å².